The normalized spacial score (nSPS) is 20.7. The van der Waals surface area contributed by atoms with Crippen LogP contribution >= 0.6 is 0 Å². The first-order chi connectivity index (χ1) is 14.4. The molecule has 2 fully saturated rings. The second kappa shape index (κ2) is 6.88. The number of nitrogens with zero attached hydrogens (tertiary/aromatic N) is 4. The summed E-state index contributed by atoms with van der Waals surface area (Å²) < 4.78 is 29.9. The Labute approximate surface area is 169 Å². The van der Waals surface area contributed by atoms with Crippen molar-refractivity contribution in [2.45, 2.75) is 12.5 Å². The molecular formula is C21H18F2N4O3. The van der Waals surface area contributed by atoms with Gasteiger partial charge in [-0.2, -0.15) is 0 Å². The number of carboxylic acid groups (broad SMARTS) is 1. The van der Waals surface area contributed by atoms with Gasteiger partial charge in [0.15, 0.2) is 17.3 Å². The number of carboxylic acids is 1. The second-order valence-corrected chi connectivity index (χ2v) is 7.62. The molecule has 30 heavy (non-hydrogen) atoms. The average molecular weight is 412 g/mol. The number of aromatic nitrogens is 2. The molecule has 5 rings (SSSR count). The summed E-state index contributed by atoms with van der Waals surface area (Å²) in [6.45, 7) is 3.22. The number of rotatable bonds is 3. The summed E-state index contributed by atoms with van der Waals surface area (Å²) in [6.07, 6.45) is 2.06. The molecule has 0 radical (unpaired) electrons. The van der Waals surface area contributed by atoms with Crippen LogP contribution in [0.1, 0.15) is 16.8 Å². The smallest absolute Gasteiger partial charge is 0.341 e. The molecule has 2 aliphatic rings. The summed E-state index contributed by atoms with van der Waals surface area (Å²) >= 11 is 0. The third kappa shape index (κ3) is 2.93. The van der Waals surface area contributed by atoms with Gasteiger partial charge in [-0.25, -0.2) is 18.6 Å². The Kier molecular flexibility index (Phi) is 4.28. The molecule has 0 saturated carbocycles. The van der Waals surface area contributed by atoms with Gasteiger partial charge >= 0.3 is 5.97 Å². The molecule has 0 amide bonds. The van der Waals surface area contributed by atoms with Gasteiger partial charge in [-0.3, -0.25) is 9.69 Å². The zero-order valence-electron chi connectivity index (χ0n) is 15.9. The lowest BCUT2D eigenvalue weighted by molar-refractivity contribution is 0.0695. The monoisotopic (exact) mass is 412 g/mol. The van der Waals surface area contributed by atoms with Gasteiger partial charge in [-0.05, 0) is 36.8 Å². The number of benzene rings is 1. The van der Waals surface area contributed by atoms with Crippen LogP contribution < -0.4 is 10.3 Å². The van der Waals surface area contributed by atoms with Crippen LogP contribution in [0.15, 0.2) is 41.3 Å². The molecule has 1 N–H and O–H groups in total. The van der Waals surface area contributed by atoms with Crippen molar-refractivity contribution in [1.82, 2.24) is 14.5 Å². The van der Waals surface area contributed by atoms with Crippen molar-refractivity contribution in [2.24, 2.45) is 0 Å². The van der Waals surface area contributed by atoms with Crippen molar-refractivity contribution in [3.63, 3.8) is 0 Å². The Hall–Kier alpha value is -3.33. The number of hydrogen-bond acceptors (Lipinski definition) is 5. The van der Waals surface area contributed by atoms with Crippen LogP contribution in [-0.4, -0.2) is 57.7 Å². The highest BCUT2D eigenvalue weighted by molar-refractivity contribution is 5.92. The lowest BCUT2D eigenvalue weighted by Crippen LogP contribution is -2.47. The molecule has 0 aliphatic carbocycles. The SMILES string of the molecule is O=C(O)c1cn(-c2ccc(F)cc2)c2nc(N3CCN4CCC3C4)c(F)cc2c1=O. The van der Waals surface area contributed by atoms with E-state index in [1.165, 1.54) is 28.8 Å². The van der Waals surface area contributed by atoms with E-state index in [-0.39, 0.29) is 22.9 Å². The van der Waals surface area contributed by atoms with E-state index in [2.05, 4.69) is 9.88 Å². The molecule has 2 aromatic heterocycles. The first-order valence-electron chi connectivity index (χ1n) is 9.66. The number of aromatic carboxylic acids is 1. The van der Waals surface area contributed by atoms with E-state index in [1.807, 2.05) is 4.90 Å². The fraction of sp³-hybridized carbons (Fsp3) is 0.286. The van der Waals surface area contributed by atoms with Gasteiger partial charge in [-0.1, -0.05) is 0 Å². The highest BCUT2D eigenvalue weighted by Gasteiger charge is 2.34. The van der Waals surface area contributed by atoms with Crippen LogP contribution in [0.4, 0.5) is 14.6 Å². The second-order valence-electron chi connectivity index (χ2n) is 7.62. The van der Waals surface area contributed by atoms with Crippen molar-refractivity contribution in [2.75, 3.05) is 31.1 Å². The maximum atomic E-state index is 15.1. The third-order valence-corrected chi connectivity index (χ3v) is 5.87. The quantitative estimate of drug-likeness (QED) is 0.711. The molecular weight excluding hydrogens is 394 g/mol. The van der Waals surface area contributed by atoms with E-state index in [4.69, 9.17) is 0 Å². The number of hydrogen-bond donors (Lipinski definition) is 1. The predicted octanol–water partition coefficient (Wildman–Crippen LogP) is 2.26. The van der Waals surface area contributed by atoms with Gasteiger partial charge in [0.1, 0.15) is 11.4 Å². The van der Waals surface area contributed by atoms with Gasteiger partial charge in [-0.15, -0.1) is 0 Å². The highest BCUT2D eigenvalue weighted by Crippen LogP contribution is 2.29. The summed E-state index contributed by atoms with van der Waals surface area (Å²) in [6, 6.07) is 6.55. The maximum Gasteiger partial charge on any atom is 0.341 e. The zero-order valence-corrected chi connectivity index (χ0v) is 15.9. The minimum atomic E-state index is -1.43. The van der Waals surface area contributed by atoms with Crippen molar-refractivity contribution in [1.29, 1.82) is 0 Å². The van der Waals surface area contributed by atoms with Crippen LogP contribution in [0.25, 0.3) is 16.7 Å². The van der Waals surface area contributed by atoms with Crippen LogP contribution in [0.5, 0.6) is 0 Å². The molecule has 2 atom stereocenters. The van der Waals surface area contributed by atoms with Gasteiger partial charge in [0.25, 0.3) is 0 Å². The summed E-state index contributed by atoms with van der Waals surface area (Å²) in [5.41, 5.74) is -0.766. The minimum Gasteiger partial charge on any atom is -0.477 e. The summed E-state index contributed by atoms with van der Waals surface area (Å²) in [5, 5.41) is 9.31. The van der Waals surface area contributed by atoms with Crippen molar-refractivity contribution < 1.29 is 18.7 Å². The summed E-state index contributed by atoms with van der Waals surface area (Å²) in [5.74, 6) is -2.40. The Morgan fingerprint density at radius 1 is 1.13 bits per heavy atom. The fourth-order valence-electron chi connectivity index (χ4n) is 4.35. The van der Waals surface area contributed by atoms with E-state index in [0.29, 0.717) is 12.2 Å². The highest BCUT2D eigenvalue weighted by atomic mass is 19.1. The Bertz CT molecular complexity index is 1230. The van der Waals surface area contributed by atoms with Crippen LogP contribution in [-0.2, 0) is 0 Å². The number of anilines is 1. The van der Waals surface area contributed by atoms with Crippen LogP contribution in [0, 0.1) is 11.6 Å². The maximum absolute atomic E-state index is 15.1. The van der Waals surface area contributed by atoms with Crippen LogP contribution in [0.2, 0.25) is 0 Å². The average Bonchev–Trinajstić information content (AvgIpc) is 3.10. The zero-order chi connectivity index (χ0) is 21.0. The number of carbonyl (C=O) groups is 1. The molecule has 2 unspecified atom stereocenters. The standard InChI is InChI=1S/C21H18F2N4O3/c22-12-1-3-13(4-2-12)27-11-16(21(29)30)18(28)15-9-17(23)20(24-19(15)27)26-8-7-25-6-5-14(26)10-25/h1-4,9,11,14H,5-8,10H2,(H,29,30). The van der Waals surface area contributed by atoms with E-state index in [1.54, 1.807) is 0 Å². The Morgan fingerprint density at radius 2 is 1.90 bits per heavy atom. The Balaban J connectivity index is 1.76. The van der Waals surface area contributed by atoms with Crippen LogP contribution in [0.3, 0.4) is 0 Å². The molecule has 154 valence electrons. The van der Waals surface area contributed by atoms with E-state index >= 15 is 4.39 Å². The molecule has 3 aromatic rings. The number of pyridine rings is 2. The largest absolute Gasteiger partial charge is 0.477 e. The molecule has 0 spiro atoms. The summed E-state index contributed by atoms with van der Waals surface area (Å²) in [4.78, 5) is 33.0. The molecule has 7 nitrogen and oxygen atoms in total. The van der Waals surface area contributed by atoms with Crippen molar-refractivity contribution in [3.05, 3.63) is 63.9 Å². The van der Waals surface area contributed by atoms with Crippen molar-refractivity contribution in [3.8, 4) is 5.69 Å². The topological polar surface area (TPSA) is 78.7 Å². The first-order valence-corrected chi connectivity index (χ1v) is 9.66. The molecule has 1 aromatic carbocycles. The Morgan fingerprint density at radius 3 is 2.63 bits per heavy atom. The van der Waals surface area contributed by atoms with Crippen molar-refractivity contribution >= 4 is 22.8 Å². The van der Waals surface area contributed by atoms with E-state index in [0.717, 1.165) is 38.3 Å². The van der Waals surface area contributed by atoms with Gasteiger partial charge in [0, 0.05) is 44.1 Å². The fourth-order valence-corrected chi connectivity index (χ4v) is 4.35. The molecule has 9 heteroatoms. The molecule has 2 saturated heterocycles. The molecule has 4 heterocycles. The number of fused-ring (bicyclic) bond motifs is 3. The number of piperazine rings is 1. The predicted molar refractivity (Wildman–Crippen MR) is 106 cm³/mol. The van der Waals surface area contributed by atoms with Gasteiger partial charge < -0.3 is 14.6 Å². The lowest BCUT2D eigenvalue weighted by atomic mass is 10.1. The van der Waals surface area contributed by atoms with Gasteiger partial charge in [0.05, 0.1) is 5.39 Å². The van der Waals surface area contributed by atoms with Gasteiger partial charge in [0.2, 0.25) is 5.43 Å². The molecule has 2 aliphatic heterocycles. The van der Waals surface area contributed by atoms with E-state index < -0.39 is 28.6 Å². The third-order valence-electron chi connectivity index (χ3n) is 5.87. The minimum absolute atomic E-state index is 0.133. The number of halogens is 2. The summed E-state index contributed by atoms with van der Waals surface area (Å²) in [7, 11) is 0. The first kappa shape index (κ1) is 18.7. The lowest BCUT2D eigenvalue weighted by Gasteiger charge is -2.35. The molecule has 2 bridgehead atoms. The van der Waals surface area contributed by atoms with E-state index in [9.17, 15) is 19.1 Å².